The quantitative estimate of drug-likeness (QED) is 0.790. The number of nitrogen functional groups attached to an aromatic ring is 1. The lowest BCUT2D eigenvalue weighted by molar-refractivity contribution is 1.02. The smallest absolute Gasteiger partial charge is 0.253 e. The van der Waals surface area contributed by atoms with Crippen molar-refractivity contribution in [3.63, 3.8) is 0 Å². The third-order valence-electron chi connectivity index (χ3n) is 2.48. The number of anilines is 1. The number of nitrogens with one attached hydrogen (secondary N) is 1. The average Bonchev–Trinajstić information content (AvgIpc) is 2.31. The van der Waals surface area contributed by atoms with Crippen LogP contribution in [0.5, 0.6) is 0 Å². The molecule has 17 heavy (non-hydrogen) atoms. The highest BCUT2D eigenvalue weighted by molar-refractivity contribution is 9.10. The first kappa shape index (κ1) is 11.9. The lowest BCUT2D eigenvalue weighted by Crippen LogP contribution is -2.17. The van der Waals surface area contributed by atoms with E-state index in [-0.39, 0.29) is 12.1 Å². The summed E-state index contributed by atoms with van der Waals surface area (Å²) in [6, 6.07) is 9.19. The third kappa shape index (κ3) is 2.40. The molecule has 0 spiro atoms. The molecule has 0 saturated heterocycles. The van der Waals surface area contributed by atoms with E-state index in [2.05, 4.69) is 20.9 Å². The molecule has 0 fully saturated rings. The van der Waals surface area contributed by atoms with Crippen LogP contribution in [0.15, 0.2) is 39.6 Å². The van der Waals surface area contributed by atoms with Gasteiger partial charge >= 0.3 is 0 Å². The highest BCUT2D eigenvalue weighted by Gasteiger charge is 2.07. The topological polar surface area (TPSA) is 84.9 Å². The van der Waals surface area contributed by atoms with Crippen LogP contribution in [0, 0.1) is 0 Å². The first-order valence-electron chi connectivity index (χ1n) is 5.09. The van der Waals surface area contributed by atoms with Gasteiger partial charge in [-0.1, -0.05) is 28.1 Å². The van der Waals surface area contributed by atoms with E-state index < -0.39 is 0 Å². The van der Waals surface area contributed by atoms with Gasteiger partial charge in [0.05, 0.1) is 11.4 Å². The van der Waals surface area contributed by atoms with Crippen LogP contribution in [0.2, 0.25) is 0 Å². The van der Waals surface area contributed by atoms with E-state index in [4.69, 9.17) is 11.5 Å². The second-order valence-electron chi connectivity index (χ2n) is 3.67. The predicted octanol–water partition coefficient (Wildman–Crippen LogP) is 1.85. The van der Waals surface area contributed by atoms with E-state index in [1.807, 2.05) is 24.3 Å². The highest BCUT2D eigenvalue weighted by atomic mass is 79.9. The summed E-state index contributed by atoms with van der Waals surface area (Å²) in [6.45, 7) is 0.179. The zero-order chi connectivity index (χ0) is 12.4. The number of rotatable bonds is 2. The van der Waals surface area contributed by atoms with Crippen molar-refractivity contribution < 1.29 is 0 Å². The summed E-state index contributed by atoms with van der Waals surface area (Å²) < 4.78 is 0.929. The maximum atomic E-state index is 11.7. The molecule has 0 unspecified atom stereocenters. The highest BCUT2D eigenvalue weighted by Crippen LogP contribution is 2.25. The van der Waals surface area contributed by atoms with Crippen LogP contribution in [0.4, 0.5) is 5.69 Å². The van der Waals surface area contributed by atoms with E-state index in [9.17, 15) is 4.79 Å². The Kier molecular flexibility index (Phi) is 3.31. The van der Waals surface area contributed by atoms with Crippen molar-refractivity contribution in [1.82, 2.24) is 4.98 Å². The number of hydrogen-bond acceptors (Lipinski definition) is 3. The van der Waals surface area contributed by atoms with Crippen LogP contribution in [0.25, 0.3) is 11.3 Å². The van der Waals surface area contributed by atoms with E-state index in [1.165, 1.54) is 0 Å². The molecule has 5 heteroatoms. The van der Waals surface area contributed by atoms with Crippen molar-refractivity contribution in [2.24, 2.45) is 5.73 Å². The zero-order valence-electron chi connectivity index (χ0n) is 9.03. The molecule has 2 aromatic rings. The molecule has 4 nitrogen and oxygen atoms in total. The summed E-state index contributed by atoms with van der Waals surface area (Å²) in [5.41, 5.74) is 13.6. The lowest BCUT2D eigenvalue weighted by atomic mass is 10.1. The molecule has 0 saturated carbocycles. The molecule has 1 heterocycles. The van der Waals surface area contributed by atoms with E-state index in [0.717, 1.165) is 10.0 Å². The van der Waals surface area contributed by atoms with Gasteiger partial charge in [-0.2, -0.15) is 0 Å². The van der Waals surface area contributed by atoms with E-state index in [0.29, 0.717) is 16.9 Å². The first-order chi connectivity index (χ1) is 8.11. The van der Waals surface area contributed by atoms with Crippen molar-refractivity contribution in [3.8, 4) is 11.3 Å². The maximum absolute atomic E-state index is 11.7. The second kappa shape index (κ2) is 4.73. The SMILES string of the molecule is NCc1cc(N)c(-c2cccc(Br)c2)[nH]c1=O. The number of aromatic amines is 1. The molecule has 5 N–H and O–H groups in total. The van der Waals surface area contributed by atoms with Crippen LogP contribution in [0.1, 0.15) is 5.56 Å². The zero-order valence-corrected chi connectivity index (χ0v) is 10.6. The number of H-pyrrole nitrogens is 1. The molecular formula is C12H12BrN3O. The molecule has 0 aliphatic carbocycles. The number of pyridine rings is 1. The molecule has 0 aliphatic rings. The van der Waals surface area contributed by atoms with Gasteiger partial charge in [0.25, 0.3) is 5.56 Å². The number of nitrogens with two attached hydrogens (primary N) is 2. The van der Waals surface area contributed by atoms with Gasteiger partial charge in [-0.05, 0) is 18.2 Å². The normalized spacial score (nSPS) is 10.5. The Morgan fingerprint density at radius 1 is 1.29 bits per heavy atom. The van der Waals surface area contributed by atoms with Gasteiger partial charge in [0.1, 0.15) is 0 Å². The molecule has 0 bridgehead atoms. The van der Waals surface area contributed by atoms with Crippen molar-refractivity contribution in [2.75, 3.05) is 5.73 Å². The molecular weight excluding hydrogens is 282 g/mol. The van der Waals surface area contributed by atoms with Gasteiger partial charge in [0.15, 0.2) is 0 Å². The second-order valence-corrected chi connectivity index (χ2v) is 4.58. The van der Waals surface area contributed by atoms with Gasteiger partial charge in [0.2, 0.25) is 0 Å². The fourth-order valence-corrected chi connectivity index (χ4v) is 2.03. The minimum Gasteiger partial charge on any atom is -0.397 e. The standard InChI is InChI=1S/C12H12BrN3O/c13-9-3-1-2-7(4-9)11-10(15)5-8(6-14)12(17)16-11/h1-5H,6,14-15H2,(H,16,17). The summed E-state index contributed by atoms with van der Waals surface area (Å²) in [6.07, 6.45) is 0. The largest absolute Gasteiger partial charge is 0.397 e. The fourth-order valence-electron chi connectivity index (χ4n) is 1.63. The lowest BCUT2D eigenvalue weighted by Gasteiger charge is -2.07. The van der Waals surface area contributed by atoms with Crippen molar-refractivity contribution >= 4 is 21.6 Å². The Hall–Kier alpha value is -1.59. The van der Waals surface area contributed by atoms with Gasteiger partial charge in [-0.15, -0.1) is 0 Å². The summed E-state index contributed by atoms with van der Waals surface area (Å²) in [5.74, 6) is 0. The van der Waals surface area contributed by atoms with Gasteiger partial charge < -0.3 is 16.5 Å². The van der Waals surface area contributed by atoms with Crippen molar-refractivity contribution in [3.05, 3.63) is 50.7 Å². The summed E-state index contributed by atoms with van der Waals surface area (Å²) in [4.78, 5) is 14.4. The molecule has 0 aliphatic heterocycles. The Balaban J connectivity index is 2.61. The molecule has 0 atom stereocenters. The van der Waals surface area contributed by atoms with Crippen molar-refractivity contribution in [1.29, 1.82) is 0 Å². The predicted molar refractivity (Wildman–Crippen MR) is 72.5 cm³/mol. The summed E-state index contributed by atoms with van der Waals surface area (Å²) in [5, 5.41) is 0. The van der Waals surface area contributed by atoms with Crippen LogP contribution in [0.3, 0.4) is 0 Å². The molecule has 0 radical (unpaired) electrons. The maximum Gasteiger partial charge on any atom is 0.253 e. The van der Waals surface area contributed by atoms with Gasteiger partial charge in [-0.25, -0.2) is 0 Å². The first-order valence-corrected chi connectivity index (χ1v) is 5.89. The van der Waals surface area contributed by atoms with Crippen LogP contribution >= 0.6 is 15.9 Å². The Morgan fingerprint density at radius 2 is 2.06 bits per heavy atom. The van der Waals surface area contributed by atoms with Crippen LogP contribution in [-0.2, 0) is 6.54 Å². The Bertz CT molecular complexity index is 607. The van der Waals surface area contributed by atoms with Gasteiger partial charge in [0, 0.05) is 22.1 Å². The Morgan fingerprint density at radius 3 is 2.71 bits per heavy atom. The van der Waals surface area contributed by atoms with E-state index >= 15 is 0 Å². The van der Waals surface area contributed by atoms with Gasteiger partial charge in [-0.3, -0.25) is 4.79 Å². The number of aromatic nitrogens is 1. The number of benzene rings is 1. The minimum atomic E-state index is -0.198. The Labute approximate surface area is 107 Å². The molecule has 88 valence electrons. The summed E-state index contributed by atoms with van der Waals surface area (Å²) in [7, 11) is 0. The molecule has 0 amide bonds. The average molecular weight is 294 g/mol. The monoisotopic (exact) mass is 293 g/mol. The third-order valence-corrected chi connectivity index (χ3v) is 2.98. The van der Waals surface area contributed by atoms with Crippen LogP contribution < -0.4 is 17.0 Å². The molecule has 2 rings (SSSR count). The van der Waals surface area contributed by atoms with Crippen molar-refractivity contribution in [2.45, 2.75) is 6.54 Å². The minimum absolute atomic E-state index is 0.179. The fraction of sp³-hybridized carbons (Fsp3) is 0.0833. The molecule has 1 aromatic carbocycles. The number of hydrogen-bond donors (Lipinski definition) is 3. The summed E-state index contributed by atoms with van der Waals surface area (Å²) >= 11 is 3.38. The van der Waals surface area contributed by atoms with E-state index in [1.54, 1.807) is 6.07 Å². The molecule has 1 aromatic heterocycles. The number of halogens is 1. The van der Waals surface area contributed by atoms with Crippen LogP contribution in [-0.4, -0.2) is 4.98 Å².